The van der Waals surface area contributed by atoms with E-state index in [2.05, 4.69) is 4.99 Å². The number of hydrogen-bond acceptors (Lipinski definition) is 5. The Labute approximate surface area is 93.2 Å². The van der Waals surface area contributed by atoms with Crippen molar-refractivity contribution in [2.75, 3.05) is 19.8 Å². The van der Waals surface area contributed by atoms with Crippen LogP contribution in [0.5, 0.6) is 0 Å². The van der Waals surface area contributed by atoms with E-state index >= 15 is 0 Å². The molecule has 0 rings (SSSR count). The molecule has 0 bridgehead atoms. The monoisotopic (exact) mass is 233 g/mol. The lowest BCUT2D eigenvalue weighted by atomic mass is 10.5. The molecule has 0 aromatic rings. The molecule has 0 spiro atoms. The van der Waals surface area contributed by atoms with Crippen molar-refractivity contribution in [1.29, 1.82) is 0 Å². The maximum Gasteiger partial charge on any atom is 0.303 e. The highest BCUT2D eigenvalue weighted by Crippen LogP contribution is 2.21. The molecule has 0 saturated heterocycles. The predicted molar refractivity (Wildman–Crippen MR) is 59.5 cm³/mol. The van der Waals surface area contributed by atoms with Gasteiger partial charge in [-0.1, -0.05) is 0 Å². The van der Waals surface area contributed by atoms with E-state index in [1.807, 2.05) is 20.8 Å². The zero-order chi connectivity index (χ0) is 11.7. The largest absolute Gasteiger partial charge is 0.326 e. The van der Waals surface area contributed by atoms with Gasteiger partial charge in [-0.3, -0.25) is 0 Å². The number of aliphatic imine (C=N–C) groups is 1. The number of carbonyl (C=O) groups excluding carboxylic acids is 1. The van der Waals surface area contributed by atoms with Crippen molar-refractivity contribution < 1.29 is 19.0 Å². The molecule has 0 fully saturated rings. The highest BCUT2D eigenvalue weighted by molar-refractivity contribution is 6.12. The second kappa shape index (κ2) is 7.73. The van der Waals surface area contributed by atoms with E-state index in [-0.39, 0.29) is 0 Å². The molecule has 15 heavy (non-hydrogen) atoms. The molecule has 0 N–H and O–H groups in total. The Bertz CT molecular complexity index is 201. The lowest BCUT2D eigenvalue weighted by Crippen LogP contribution is -2.49. The van der Waals surface area contributed by atoms with Gasteiger partial charge in [-0.2, -0.15) is 4.99 Å². The Kier molecular flexibility index (Phi) is 7.46. The number of isocyanates is 1. The van der Waals surface area contributed by atoms with E-state index in [1.54, 1.807) is 0 Å². The van der Waals surface area contributed by atoms with Crippen molar-refractivity contribution in [1.82, 2.24) is 0 Å². The van der Waals surface area contributed by atoms with Crippen LogP contribution in [0.1, 0.15) is 20.8 Å². The summed E-state index contributed by atoms with van der Waals surface area (Å²) in [7, 11) is 0.594. The first-order valence-electron chi connectivity index (χ1n) is 5.15. The zero-order valence-corrected chi connectivity index (χ0v) is 11.8. The molecule has 0 saturated carbocycles. The molecule has 0 radical (unpaired) electrons. The third-order valence-corrected chi connectivity index (χ3v) is 2.76. The first kappa shape index (κ1) is 14.5. The number of hydrogen-bond donors (Lipinski definition) is 0. The molecule has 0 aliphatic rings. The summed E-state index contributed by atoms with van der Waals surface area (Å²) in [6, 6.07) is 0. The average Bonchev–Trinajstić information content (AvgIpc) is 2.19. The van der Waals surface area contributed by atoms with Crippen LogP contribution in [0.4, 0.5) is 0 Å². The maximum absolute atomic E-state index is 10.2. The van der Waals surface area contributed by atoms with Gasteiger partial charge in [0.25, 0.3) is 0 Å². The summed E-state index contributed by atoms with van der Waals surface area (Å²) in [5.41, 5.74) is -0.408. The Balaban J connectivity index is 4.80. The van der Waals surface area contributed by atoms with E-state index in [0.29, 0.717) is 30.1 Å². The average molecular weight is 233 g/mol. The van der Waals surface area contributed by atoms with Gasteiger partial charge in [0.05, 0.1) is 0 Å². The van der Waals surface area contributed by atoms with Gasteiger partial charge in [-0.05, 0) is 20.8 Å². The Morgan fingerprint density at radius 1 is 1.20 bits per heavy atom. The molecule has 6 heteroatoms. The molecule has 0 aromatic carbocycles. The first-order chi connectivity index (χ1) is 7.16. The summed E-state index contributed by atoms with van der Waals surface area (Å²) in [5.74, 6) is -1.21. The molecule has 0 aliphatic heterocycles. The van der Waals surface area contributed by atoms with Crippen LogP contribution < -0.4 is 0 Å². The molecular formula is C9H19NO4Si. The quantitative estimate of drug-likeness (QED) is 0.252. The highest BCUT2D eigenvalue weighted by atomic mass is 28.1. The lowest BCUT2D eigenvalue weighted by molar-refractivity contribution is -0.376. The third kappa shape index (κ3) is 4.23. The highest BCUT2D eigenvalue weighted by Gasteiger charge is 2.39. The fraction of sp³-hybridized carbons (Fsp3) is 0.889. The van der Waals surface area contributed by atoms with Crippen molar-refractivity contribution in [3.8, 4) is 0 Å². The lowest BCUT2D eigenvalue weighted by Gasteiger charge is -2.34. The second-order valence-electron chi connectivity index (χ2n) is 2.80. The van der Waals surface area contributed by atoms with E-state index < -0.39 is 11.6 Å². The van der Waals surface area contributed by atoms with Gasteiger partial charge in [-0.25, -0.2) is 4.79 Å². The van der Waals surface area contributed by atoms with Gasteiger partial charge in [0, 0.05) is 30.1 Å². The van der Waals surface area contributed by atoms with Crippen LogP contribution >= 0.6 is 0 Å². The van der Waals surface area contributed by atoms with Crippen LogP contribution in [0, 0.1) is 0 Å². The molecular weight excluding hydrogens is 214 g/mol. The fourth-order valence-electron chi connectivity index (χ4n) is 1.25. The van der Waals surface area contributed by atoms with Gasteiger partial charge in [-0.15, -0.1) is 0 Å². The summed E-state index contributed by atoms with van der Waals surface area (Å²) >= 11 is 0. The van der Waals surface area contributed by atoms with E-state index in [9.17, 15) is 4.79 Å². The molecule has 0 heterocycles. The standard InChI is InChI=1S/C9H19NO4Si/c1-4-12-9(13-5-2,14-6-3)8(15)10-7-11/h8H,4-6H2,1-3,15H3. The van der Waals surface area contributed by atoms with Gasteiger partial charge in [0.15, 0.2) is 0 Å². The SMILES string of the molecule is CCOC(OCC)(OCC)C([SiH3])N=C=O. The smallest absolute Gasteiger partial charge is 0.303 e. The summed E-state index contributed by atoms with van der Waals surface area (Å²) in [6.07, 6.45) is 1.52. The molecule has 5 nitrogen and oxygen atoms in total. The van der Waals surface area contributed by atoms with Gasteiger partial charge >= 0.3 is 5.97 Å². The minimum Gasteiger partial charge on any atom is -0.326 e. The van der Waals surface area contributed by atoms with Crippen LogP contribution in [-0.4, -0.2) is 47.8 Å². The van der Waals surface area contributed by atoms with Crippen LogP contribution in [0.15, 0.2) is 4.99 Å². The molecule has 0 amide bonds. The van der Waals surface area contributed by atoms with E-state index in [1.165, 1.54) is 6.08 Å². The van der Waals surface area contributed by atoms with Crippen molar-refractivity contribution in [2.45, 2.75) is 32.4 Å². The van der Waals surface area contributed by atoms with E-state index in [0.717, 1.165) is 0 Å². The van der Waals surface area contributed by atoms with Gasteiger partial charge in [0.2, 0.25) is 6.08 Å². The fourth-order valence-corrected chi connectivity index (χ4v) is 1.85. The van der Waals surface area contributed by atoms with Crippen molar-refractivity contribution in [3.05, 3.63) is 0 Å². The van der Waals surface area contributed by atoms with Crippen LogP contribution in [-0.2, 0) is 19.0 Å². The van der Waals surface area contributed by atoms with E-state index in [4.69, 9.17) is 14.2 Å². The molecule has 88 valence electrons. The van der Waals surface area contributed by atoms with Crippen LogP contribution in [0.25, 0.3) is 0 Å². The molecule has 1 atom stereocenters. The number of ether oxygens (including phenoxy) is 3. The second-order valence-corrected chi connectivity index (χ2v) is 3.89. The van der Waals surface area contributed by atoms with Crippen molar-refractivity contribution in [2.24, 2.45) is 4.99 Å². The molecule has 0 aromatic heterocycles. The van der Waals surface area contributed by atoms with Gasteiger partial charge in [0.1, 0.15) is 5.67 Å². The Morgan fingerprint density at radius 3 is 1.87 bits per heavy atom. The Morgan fingerprint density at radius 2 is 1.60 bits per heavy atom. The maximum atomic E-state index is 10.2. The molecule has 1 unspecified atom stereocenters. The normalized spacial score (nSPS) is 13.5. The summed E-state index contributed by atoms with van der Waals surface area (Å²) in [4.78, 5) is 13.9. The number of nitrogens with zero attached hydrogens (tertiary/aromatic N) is 1. The Hall–Kier alpha value is -0.523. The predicted octanol–water partition coefficient (Wildman–Crippen LogP) is -0.223. The number of rotatable bonds is 8. The van der Waals surface area contributed by atoms with Crippen LogP contribution in [0.2, 0.25) is 0 Å². The first-order valence-corrected chi connectivity index (χ1v) is 6.31. The topological polar surface area (TPSA) is 57.1 Å². The summed E-state index contributed by atoms with van der Waals surface area (Å²) in [6.45, 7) is 6.83. The van der Waals surface area contributed by atoms with Crippen LogP contribution in [0.3, 0.4) is 0 Å². The van der Waals surface area contributed by atoms with Crippen molar-refractivity contribution >= 4 is 16.3 Å². The third-order valence-electron chi connectivity index (χ3n) is 1.79. The van der Waals surface area contributed by atoms with Gasteiger partial charge < -0.3 is 14.2 Å². The zero-order valence-electron chi connectivity index (χ0n) is 9.78. The minimum atomic E-state index is -1.21. The summed E-state index contributed by atoms with van der Waals surface area (Å²) < 4.78 is 16.3. The summed E-state index contributed by atoms with van der Waals surface area (Å²) in [5, 5.41) is 0. The van der Waals surface area contributed by atoms with Crippen molar-refractivity contribution in [3.63, 3.8) is 0 Å². The molecule has 0 aliphatic carbocycles. The minimum absolute atomic E-state index is 0.408.